The Kier molecular flexibility index (Phi) is 2.58. The Labute approximate surface area is 106 Å². The highest BCUT2D eigenvalue weighted by Crippen LogP contribution is 2.39. The fourth-order valence-corrected chi connectivity index (χ4v) is 2.44. The van der Waals surface area contributed by atoms with Crippen LogP contribution in [0.3, 0.4) is 0 Å². The van der Waals surface area contributed by atoms with Crippen LogP contribution in [-0.2, 0) is 6.42 Å². The molecule has 2 heteroatoms. The molecule has 0 amide bonds. The first kappa shape index (κ1) is 11.3. The number of rotatable bonds is 1. The average Bonchev–Trinajstić information content (AvgIpc) is 2.69. The van der Waals surface area contributed by atoms with E-state index < -0.39 is 0 Å². The van der Waals surface area contributed by atoms with E-state index in [1.807, 2.05) is 0 Å². The molecule has 0 bridgehead atoms. The summed E-state index contributed by atoms with van der Waals surface area (Å²) in [4.78, 5) is 0. The predicted octanol–water partition coefficient (Wildman–Crippen LogP) is 3.94. The zero-order chi connectivity index (χ0) is 12.7. The van der Waals surface area contributed by atoms with Gasteiger partial charge in [0, 0.05) is 12.0 Å². The Hall–Kier alpha value is -1.83. The summed E-state index contributed by atoms with van der Waals surface area (Å²) < 4.78 is 18.7. The monoisotopic (exact) mass is 241 g/mol. The summed E-state index contributed by atoms with van der Waals surface area (Å²) in [6.07, 6.45) is 0.812. The molecule has 0 aliphatic carbocycles. The van der Waals surface area contributed by atoms with Crippen LogP contribution in [0.2, 0.25) is 0 Å². The van der Waals surface area contributed by atoms with Crippen molar-refractivity contribution in [1.82, 2.24) is 0 Å². The third-order valence-corrected chi connectivity index (χ3v) is 3.20. The summed E-state index contributed by atoms with van der Waals surface area (Å²) in [6.45, 7) is 6.01. The minimum Gasteiger partial charge on any atom is -0.489 e. The van der Waals surface area contributed by atoms with Crippen LogP contribution in [0.25, 0.3) is 11.1 Å². The number of aryl methyl sites for hydroxylation is 1. The van der Waals surface area contributed by atoms with Gasteiger partial charge in [-0.2, -0.15) is 0 Å². The van der Waals surface area contributed by atoms with Gasteiger partial charge in [-0.1, -0.05) is 18.2 Å². The molecule has 1 aliphatic rings. The Morgan fingerprint density at radius 1 is 1.22 bits per heavy atom. The van der Waals surface area contributed by atoms with Crippen LogP contribution in [0, 0.1) is 19.7 Å². The smallest absolute Gasteiger partial charge is 0.130 e. The maximum atomic E-state index is 13.0. The quantitative estimate of drug-likeness (QED) is 0.734. The molecule has 0 saturated heterocycles. The highest BCUT2D eigenvalue weighted by atomic mass is 19.1. The standard InChI is InChI=1S/C16H14FO/c1-10-7-13-9-11(2)18-16(13)15(8-10)12-3-5-14(17)6-4-12/h3-8,11H,2,9H2,1H3. The molecule has 2 aromatic carbocycles. The fourth-order valence-electron chi connectivity index (χ4n) is 2.44. The second-order valence-electron chi connectivity index (χ2n) is 4.75. The lowest BCUT2D eigenvalue weighted by Gasteiger charge is -2.10. The lowest BCUT2D eigenvalue weighted by Crippen LogP contribution is -2.06. The fraction of sp³-hybridized carbons (Fsp3) is 0.188. The Balaban J connectivity index is 2.15. The maximum absolute atomic E-state index is 13.0. The third-order valence-electron chi connectivity index (χ3n) is 3.20. The Morgan fingerprint density at radius 2 is 1.94 bits per heavy atom. The molecule has 3 rings (SSSR count). The van der Waals surface area contributed by atoms with Crippen molar-refractivity contribution in [2.75, 3.05) is 0 Å². The molecular weight excluding hydrogens is 227 g/mol. The third kappa shape index (κ3) is 1.88. The lowest BCUT2D eigenvalue weighted by molar-refractivity contribution is 0.282. The first-order chi connectivity index (χ1) is 8.63. The van der Waals surface area contributed by atoms with Gasteiger partial charge in [-0.25, -0.2) is 4.39 Å². The number of benzene rings is 2. The van der Waals surface area contributed by atoms with Gasteiger partial charge in [0.25, 0.3) is 0 Å². The topological polar surface area (TPSA) is 9.23 Å². The molecular formula is C16H14FO. The molecule has 0 spiro atoms. The highest BCUT2D eigenvalue weighted by molar-refractivity contribution is 5.74. The first-order valence-corrected chi connectivity index (χ1v) is 6.02. The zero-order valence-electron chi connectivity index (χ0n) is 10.2. The van der Waals surface area contributed by atoms with Crippen LogP contribution in [0.15, 0.2) is 36.4 Å². The van der Waals surface area contributed by atoms with Gasteiger partial charge in [-0.05, 0) is 48.7 Å². The molecule has 1 radical (unpaired) electrons. The summed E-state index contributed by atoms with van der Waals surface area (Å²) in [7, 11) is 0. The van der Waals surface area contributed by atoms with Crippen molar-refractivity contribution in [3.8, 4) is 16.9 Å². The van der Waals surface area contributed by atoms with E-state index in [4.69, 9.17) is 4.74 Å². The molecule has 1 unspecified atom stereocenters. The molecule has 0 fully saturated rings. The number of fused-ring (bicyclic) bond motifs is 1. The van der Waals surface area contributed by atoms with E-state index in [-0.39, 0.29) is 11.9 Å². The SMILES string of the molecule is [CH2]C1Cc2cc(C)cc(-c3ccc(F)cc3)c2O1. The van der Waals surface area contributed by atoms with Crippen LogP contribution in [0.4, 0.5) is 4.39 Å². The minimum atomic E-state index is -0.223. The molecule has 0 aromatic heterocycles. The van der Waals surface area contributed by atoms with Crippen molar-refractivity contribution in [1.29, 1.82) is 0 Å². The second-order valence-corrected chi connectivity index (χ2v) is 4.75. The summed E-state index contributed by atoms with van der Waals surface area (Å²) >= 11 is 0. The van der Waals surface area contributed by atoms with Gasteiger partial charge in [0.15, 0.2) is 0 Å². The molecule has 1 aliphatic heterocycles. The number of hydrogen-bond acceptors (Lipinski definition) is 1. The molecule has 1 nitrogen and oxygen atoms in total. The van der Waals surface area contributed by atoms with E-state index in [1.54, 1.807) is 12.1 Å². The van der Waals surface area contributed by atoms with Crippen molar-refractivity contribution >= 4 is 0 Å². The van der Waals surface area contributed by atoms with Crippen molar-refractivity contribution in [3.05, 3.63) is 60.3 Å². The van der Waals surface area contributed by atoms with Crippen molar-refractivity contribution in [3.63, 3.8) is 0 Å². The number of ether oxygens (including phenoxy) is 1. The molecule has 0 N–H and O–H groups in total. The number of halogens is 1. The summed E-state index contributed by atoms with van der Waals surface area (Å²) in [5.41, 5.74) is 4.38. The first-order valence-electron chi connectivity index (χ1n) is 6.02. The average molecular weight is 241 g/mol. The van der Waals surface area contributed by atoms with E-state index in [0.29, 0.717) is 0 Å². The minimum absolute atomic E-state index is 0.0269. The maximum Gasteiger partial charge on any atom is 0.130 e. The van der Waals surface area contributed by atoms with Gasteiger partial charge < -0.3 is 4.74 Å². The van der Waals surface area contributed by atoms with Gasteiger partial charge in [0.2, 0.25) is 0 Å². The largest absolute Gasteiger partial charge is 0.489 e. The zero-order valence-corrected chi connectivity index (χ0v) is 10.2. The molecule has 2 aromatic rings. The van der Waals surface area contributed by atoms with E-state index in [1.165, 1.54) is 23.3 Å². The van der Waals surface area contributed by atoms with Gasteiger partial charge in [-0.15, -0.1) is 0 Å². The van der Waals surface area contributed by atoms with E-state index >= 15 is 0 Å². The van der Waals surface area contributed by atoms with Gasteiger partial charge in [0.05, 0.1) is 0 Å². The summed E-state index contributed by atoms with van der Waals surface area (Å²) in [5.74, 6) is 0.672. The molecule has 1 atom stereocenters. The molecule has 18 heavy (non-hydrogen) atoms. The van der Waals surface area contributed by atoms with Crippen LogP contribution in [0.5, 0.6) is 5.75 Å². The molecule has 91 valence electrons. The lowest BCUT2D eigenvalue weighted by atomic mass is 9.98. The van der Waals surface area contributed by atoms with E-state index in [9.17, 15) is 4.39 Å². The van der Waals surface area contributed by atoms with Crippen LogP contribution in [0.1, 0.15) is 11.1 Å². The van der Waals surface area contributed by atoms with Crippen LogP contribution < -0.4 is 4.74 Å². The highest BCUT2D eigenvalue weighted by Gasteiger charge is 2.23. The van der Waals surface area contributed by atoms with Gasteiger partial charge >= 0.3 is 0 Å². The molecule has 0 saturated carbocycles. The van der Waals surface area contributed by atoms with E-state index in [0.717, 1.165) is 23.3 Å². The Morgan fingerprint density at radius 3 is 2.67 bits per heavy atom. The van der Waals surface area contributed by atoms with Crippen molar-refractivity contribution in [2.24, 2.45) is 0 Å². The van der Waals surface area contributed by atoms with Crippen molar-refractivity contribution in [2.45, 2.75) is 19.4 Å². The van der Waals surface area contributed by atoms with Crippen LogP contribution in [-0.4, -0.2) is 6.10 Å². The van der Waals surface area contributed by atoms with Gasteiger partial charge in [0.1, 0.15) is 17.7 Å². The van der Waals surface area contributed by atoms with Crippen molar-refractivity contribution < 1.29 is 9.13 Å². The Bertz CT molecular complexity index is 587. The summed E-state index contributed by atoms with van der Waals surface area (Å²) in [5, 5.41) is 0. The second kappa shape index (κ2) is 4.13. The summed E-state index contributed by atoms with van der Waals surface area (Å²) in [6, 6.07) is 10.7. The molecule has 1 heterocycles. The van der Waals surface area contributed by atoms with E-state index in [2.05, 4.69) is 26.0 Å². The normalized spacial score (nSPS) is 17.4. The predicted molar refractivity (Wildman–Crippen MR) is 70.1 cm³/mol. The van der Waals surface area contributed by atoms with Crippen LogP contribution >= 0.6 is 0 Å². The number of hydrogen-bond donors (Lipinski definition) is 0. The van der Waals surface area contributed by atoms with Gasteiger partial charge in [-0.3, -0.25) is 0 Å².